The summed E-state index contributed by atoms with van der Waals surface area (Å²) in [6, 6.07) is 7.54. The molecule has 0 aromatic heterocycles. The number of carbonyl (C=O) groups is 2. The van der Waals surface area contributed by atoms with Crippen molar-refractivity contribution in [3.05, 3.63) is 34.9 Å². The van der Waals surface area contributed by atoms with E-state index in [1.165, 1.54) is 0 Å². The van der Waals surface area contributed by atoms with Gasteiger partial charge in [-0.1, -0.05) is 6.07 Å². The molecule has 1 aromatic rings. The highest BCUT2D eigenvalue weighted by atomic mass is 16.2. The Kier molecular flexibility index (Phi) is 3.60. The van der Waals surface area contributed by atoms with Crippen LogP contribution in [0, 0.1) is 18.3 Å². The van der Waals surface area contributed by atoms with E-state index < -0.39 is 5.54 Å². The van der Waals surface area contributed by atoms with Gasteiger partial charge in [-0.05, 0) is 44.0 Å². The molecule has 5 heteroatoms. The average molecular weight is 271 g/mol. The summed E-state index contributed by atoms with van der Waals surface area (Å²) in [7, 11) is 0. The number of benzene rings is 1. The van der Waals surface area contributed by atoms with Gasteiger partial charge in [0.2, 0.25) is 11.8 Å². The summed E-state index contributed by atoms with van der Waals surface area (Å²) >= 11 is 0. The van der Waals surface area contributed by atoms with Crippen molar-refractivity contribution in [1.82, 2.24) is 10.2 Å². The number of carbonyl (C=O) groups excluding carboxylic acids is 2. The number of rotatable bonds is 2. The van der Waals surface area contributed by atoms with Crippen LogP contribution in [-0.2, 0) is 16.1 Å². The first kappa shape index (κ1) is 14.2. The van der Waals surface area contributed by atoms with Crippen LogP contribution in [0.4, 0.5) is 0 Å². The van der Waals surface area contributed by atoms with Crippen molar-refractivity contribution in [3.63, 3.8) is 0 Å². The maximum Gasteiger partial charge on any atom is 0.246 e. The predicted octanol–water partition coefficient (Wildman–Crippen LogP) is 1.10. The van der Waals surface area contributed by atoms with Gasteiger partial charge in [0.1, 0.15) is 0 Å². The Balaban J connectivity index is 2.26. The molecular formula is C15H17N3O2. The molecule has 0 radical (unpaired) electrons. The number of nitrogens with zero attached hydrogens (tertiary/aromatic N) is 2. The van der Waals surface area contributed by atoms with E-state index in [1.807, 2.05) is 24.0 Å². The Bertz CT molecular complexity index is 614. The first-order chi connectivity index (χ1) is 9.34. The van der Waals surface area contributed by atoms with Crippen molar-refractivity contribution >= 4 is 11.8 Å². The van der Waals surface area contributed by atoms with Crippen molar-refractivity contribution in [2.45, 2.75) is 32.9 Å². The third kappa shape index (κ3) is 2.56. The minimum atomic E-state index is -0.728. The molecule has 2 rings (SSSR count). The topological polar surface area (TPSA) is 73.2 Å². The number of amides is 2. The van der Waals surface area contributed by atoms with E-state index in [9.17, 15) is 9.59 Å². The van der Waals surface area contributed by atoms with Crippen LogP contribution in [0.2, 0.25) is 0 Å². The van der Waals surface area contributed by atoms with Gasteiger partial charge in [0, 0.05) is 6.54 Å². The number of piperazine rings is 1. The fraction of sp³-hybridized carbons (Fsp3) is 0.400. The van der Waals surface area contributed by atoms with Crippen LogP contribution in [0.15, 0.2) is 18.2 Å². The number of aryl methyl sites for hydroxylation is 1. The van der Waals surface area contributed by atoms with Gasteiger partial charge < -0.3 is 0 Å². The molecule has 104 valence electrons. The van der Waals surface area contributed by atoms with Gasteiger partial charge in [-0.15, -0.1) is 0 Å². The van der Waals surface area contributed by atoms with Gasteiger partial charge in [0.15, 0.2) is 0 Å². The molecule has 0 unspecified atom stereocenters. The number of hydrogen-bond donors (Lipinski definition) is 1. The zero-order valence-electron chi connectivity index (χ0n) is 11.9. The molecule has 1 aromatic carbocycles. The first-order valence-corrected chi connectivity index (χ1v) is 6.43. The zero-order valence-corrected chi connectivity index (χ0v) is 11.9. The van der Waals surface area contributed by atoms with Crippen molar-refractivity contribution < 1.29 is 9.59 Å². The van der Waals surface area contributed by atoms with Crippen molar-refractivity contribution in [1.29, 1.82) is 5.26 Å². The molecule has 1 heterocycles. The molecule has 20 heavy (non-hydrogen) atoms. The highest BCUT2D eigenvalue weighted by molar-refractivity contribution is 6.02. The van der Waals surface area contributed by atoms with Crippen molar-refractivity contribution in [2.24, 2.45) is 0 Å². The Morgan fingerprint density at radius 1 is 1.40 bits per heavy atom. The SMILES string of the molecule is Cc1cc(C#N)ccc1CN1CC(=O)NC(=O)C1(C)C. The third-order valence-electron chi connectivity index (χ3n) is 3.77. The van der Waals surface area contributed by atoms with Crippen molar-refractivity contribution in [3.8, 4) is 6.07 Å². The quantitative estimate of drug-likeness (QED) is 0.818. The number of nitriles is 1. The van der Waals surface area contributed by atoms with E-state index in [0.717, 1.165) is 11.1 Å². The number of nitrogens with one attached hydrogen (secondary N) is 1. The molecule has 1 aliphatic heterocycles. The van der Waals surface area contributed by atoms with Crippen LogP contribution in [0.5, 0.6) is 0 Å². The van der Waals surface area contributed by atoms with E-state index in [1.54, 1.807) is 19.9 Å². The summed E-state index contributed by atoms with van der Waals surface area (Å²) in [6.07, 6.45) is 0. The van der Waals surface area contributed by atoms with Crippen LogP contribution in [0.1, 0.15) is 30.5 Å². The second-order valence-corrected chi connectivity index (χ2v) is 5.55. The van der Waals surface area contributed by atoms with E-state index >= 15 is 0 Å². The predicted molar refractivity (Wildman–Crippen MR) is 73.5 cm³/mol. The molecule has 0 spiro atoms. The summed E-state index contributed by atoms with van der Waals surface area (Å²) in [5.41, 5.74) is 1.88. The normalized spacial score (nSPS) is 18.5. The monoisotopic (exact) mass is 271 g/mol. The molecule has 0 atom stereocenters. The van der Waals surface area contributed by atoms with E-state index in [4.69, 9.17) is 5.26 Å². The second kappa shape index (κ2) is 5.06. The third-order valence-corrected chi connectivity index (χ3v) is 3.77. The lowest BCUT2D eigenvalue weighted by atomic mass is 9.96. The second-order valence-electron chi connectivity index (χ2n) is 5.55. The zero-order chi connectivity index (χ0) is 14.9. The van der Waals surface area contributed by atoms with Crippen LogP contribution in [-0.4, -0.2) is 28.8 Å². The molecule has 5 nitrogen and oxygen atoms in total. The maximum atomic E-state index is 11.9. The fourth-order valence-corrected chi connectivity index (χ4v) is 2.24. The lowest BCUT2D eigenvalue weighted by Crippen LogP contribution is -2.63. The Hall–Kier alpha value is -2.19. The van der Waals surface area contributed by atoms with Gasteiger partial charge in [-0.2, -0.15) is 5.26 Å². The van der Waals surface area contributed by atoms with E-state index in [-0.39, 0.29) is 18.4 Å². The Labute approximate surface area is 118 Å². The van der Waals surface area contributed by atoms with Crippen LogP contribution < -0.4 is 5.32 Å². The first-order valence-electron chi connectivity index (χ1n) is 6.43. The summed E-state index contributed by atoms with van der Waals surface area (Å²) in [5.74, 6) is -0.555. The Morgan fingerprint density at radius 2 is 2.10 bits per heavy atom. The molecule has 1 fully saturated rings. The summed E-state index contributed by atoms with van der Waals surface area (Å²) < 4.78 is 0. The lowest BCUT2D eigenvalue weighted by molar-refractivity contribution is -0.145. The smallest absolute Gasteiger partial charge is 0.246 e. The van der Waals surface area contributed by atoms with Crippen LogP contribution >= 0.6 is 0 Å². The van der Waals surface area contributed by atoms with E-state index in [0.29, 0.717) is 12.1 Å². The average Bonchev–Trinajstić information content (AvgIpc) is 2.38. The van der Waals surface area contributed by atoms with Crippen LogP contribution in [0.25, 0.3) is 0 Å². The maximum absolute atomic E-state index is 11.9. The summed E-state index contributed by atoms with van der Waals surface area (Å²) in [6.45, 7) is 6.22. The number of imide groups is 1. The Morgan fingerprint density at radius 3 is 2.70 bits per heavy atom. The highest BCUT2D eigenvalue weighted by Gasteiger charge is 2.40. The van der Waals surface area contributed by atoms with Gasteiger partial charge in [0.05, 0.1) is 23.7 Å². The van der Waals surface area contributed by atoms with Crippen molar-refractivity contribution in [2.75, 3.05) is 6.54 Å². The summed E-state index contributed by atoms with van der Waals surface area (Å²) in [5, 5.41) is 11.2. The standard InChI is InChI=1S/C15H17N3O2/c1-10-6-11(7-16)4-5-12(10)8-18-9-13(19)17-14(20)15(18,2)3/h4-6H,8-9H2,1-3H3,(H,17,19,20). The minimum absolute atomic E-state index is 0.193. The largest absolute Gasteiger partial charge is 0.294 e. The molecule has 1 saturated heterocycles. The molecule has 0 saturated carbocycles. The molecule has 0 bridgehead atoms. The number of hydrogen-bond acceptors (Lipinski definition) is 4. The van der Waals surface area contributed by atoms with Gasteiger partial charge in [-0.3, -0.25) is 19.8 Å². The highest BCUT2D eigenvalue weighted by Crippen LogP contribution is 2.22. The lowest BCUT2D eigenvalue weighted by Gasteiger charge is -2.40. The van der Waals surface area contributed by atoms with Gasteiger partial charge >= 0.3 is 0 Å². The molecule has 2 amide bonds. The molecular weight excluding hydrogens is 254 g/mol. The fourth-order valence-electron chi connectivity index (χ4n) is 2.24. The summed E-state index contributed by atoms with van der Waals surface area (Å²) in [4.78, 5) is 25.3. The molecule has 1 aliphatic rings. The van der Waals surface area contributed by atoms with Gasteiger partial charge in [0.25, 0.3) is 0 Å². The van der Waals surface area contributed by atoms with E-state index in [2.05, 4.69) is 11.4 Å². The molecule has 0 aliphatic carbocycles. The minimum Gasteiger partial charge on any atom is -0.294 e. The van der Waals surface area contributed by atoms with Gasteiger partial charge in [-0.25, -0.2) is 0 Å². The van der Waals surface area contributed by atoms with Crippen LogP contribution in [0.3, 0.4) is 0 Å². The molecule has 1 N–H and O–H groups in total.